The molecule has 2 aromatic carbocycles. The number of pyridine rings is 1. The number of carbonyl (C=O) groups excluding carboxylic acids is 1. The molecular formula is C27H26ClNO4. The zero-order chi connectivity index (χ0) is 23.5. The van der Waals surface area contributed by atoms with Crippen molar-refractivity contribution in [2.45, 2.75) is 39.5 Å². The molecule has 1 unspecified atom stereocenters. The van der Waals surface area contributed by atoms with E-state index in [9.17, 15) is 14.7 Å². The van der Waals surface area contributed by atoms with Crippen LogP contribution >= 0.6 is 11.6 Å². The number of benzene rings is 2. The second-order valence-electron chi connectivity index (χ2n) is 8.55. The van der Waals surface area contributed by atoms with Crippen molar-refractivity contribution in [3.8, 4) is 17.0 Å². The molecule has 1 heterocycles. The van der Waals surface area contributed by atoms with E-state index in [-0.39, 0.29) is 17.4 Å². The first-order valence-electron chi connectivity index (χ1n) is 11.1. The Morgan fingerprint density at radius 1 is 1.15 bits per heavy atom. The minimum Gasteiger partial charge on any atom is -0.494 e. The lowest BCUT2D eigenvalue weighted by Gasteiger charge is -2.24. The van der Waals surface area contributed by atoms with Crippen molar-refractivity contribution in [2.24, 2.45) is 5.92 Å². The highest BCUT2D eigenvalue weighted by atomic mass is 35.5. The maximum atomic E-state index is 13.2. The molecule has 1 aromatic heterocycles. The number of aromatic carboxylic acids is 1. The highest BCUT2D eigenvalue weighted by Crippen LogP contribution is 2.32. The minimum atomic E-state index is -1.07. The minimum absolute atomic E-state index is 0.0134. The topological polar surface area (TPSA) is 76.5 Å². The molecule has 0 saturated carbocycles. The van der Waals surface area contributed by atoms with Crippen LogP contribution in [0.2, 0.25) is 5.02 Å². The van der Waals surface area contributed by atoms with Gasteiger partial charge in [-0.1, -0.05) is 29.8 Å². The molecule has 0 amide bonds. The highest BCUT2D eigenvalue weighted by molar-refractivity contribution is 6.32. The van der Waals surface area contributed by atoms with E-state index < -0.39 is 5.97 Å². The molecule has 0 bridgehead atoms. The van der Waals surface area contributed by atoms with E-state index in [0.29, 0.717) is 12.3 Å². The number of halogens is 1. The van der Waals surface area contributed by atoms with Gasteiger partial charge in [-0.15, -0.1) is 0 Å². The Labute approximate surface area is 198 Å². The summed E-state index contributed by atoms with van der Waals surface area (Å²) in [6.45, 7) is 4.47. The number of nitrogens with zero attached hydrogens (tertiary/aromatic N) is 1. The van der Waals surface area contributed by atoms with E-state index in [2.05, 4.69) is 4.98 Å². The standard InChI is InChI=1S/C27H26ClNO4/c1-16-13-21(14-17(2)25(16)28)33-12-4-5-19-10-8-18-9-11-20(15-22(18)26(19)30)23-6-3-7-24(29-23)27(31)32/h3,6-7,9,11,13-15,19H,4-5,8,10,12H2,1-2H3,(H,31,32). The summed E-state index contributed by atoms with van der Waals surface area (Å²) in [5, 5.41) is 9.97. The lowest BCUT2D eigenvalue weighted by molar-refractivity contribution is 0.0690. The summed E-state index contributed by atoms with van der Waals surface area (Å²) < 4.78 is 5.90. The molecule has 1 aliphatic rings. The molecule has 4 rings (SSSR count). The van der Waals surface area contributed by atoms with Crippen molar-refractivity contribution in [1.82, 2.24) is 4.98 Å². The molecular weight excluding hydrogens is 438 g/mol. The average Bonchev–Trinajstić information content (AvgIpc) is 2.81. The van der Waals surface area contributed by atoms with Crippen molar-refractivity contribution in [3.05, 3.63) is 81.5 Å². The number of ketones is 1. The summed E-state index contributed by atoms with van der Waals surface area (Å²) in [4.78, 5) is 28.6. The Morgan fingerprint density at radius 3 is 2.64 bits per heavy atom. The number of fused-ring (bicyclic) bond motifs is 1. The van der Waals surface area contributed by atoms with Gasteiger partial charge in [-0.3, -0.25) is 4.79 Å². The summed E-state index contributed by atoms with van der Waals surface area (Å²) >= 11 is 6.22. The second kappa shape index (κ2) is 9.75. The number of carboxylic acid groups (broad SMARTS) is 1. The van der Waals surface area contributed by atoms with Gasteiger partial charge < -0.3 is 9.84 Å². The molecule has 1 N–H and O–H groups in total. The van der Waals surface area contributed by atoms with Crippen LogP contribution in [-0.2, 0) is 6.42 Å². The van der Waals surface area contributed by atoms with Crippen molar-refractivity contribution in [3.63, 3.8) is 0 Å². The van der Waals surface area contributed by atoms with Gasteiger partial charge in [0.25, 0.3) is 0 Å². The number of rotatable bonds is 7. The normalized spacial score (nSPS) is 15.2. The Kier molecular flexibility index (Phi) is 6.80. The van der Waals surface area contributed by atoms with Gasteiger partial charge in [0.1, 0.15) is 11.4 Å². The lowest BCUT2D eigenvalue weighted by atomic mass is 9.80. The van der Waals surface area contributed by atoms with Gasteiger partial charge in [0.2, 0.25) is 0 Å². The largest absolute Gasteiger partial charge is 0.494 e. The molecule has 33 heavy (non-hydrogen) atoms. The first-order chi connectivity index (χ1) is 15.8. The molecule has 5 nitrogen and oxygen atoms in total. The fraction of sp³-hybridized carbons (Fsp3) is 0.296. The van der Waals surface area contributed by atoms with E-state index in [0.717, 1.165) is 64.3 Å². The van der Waals surface area contributed by atoms with Crippen molar-refractivity contribution < 1.29 is 19.4 Å². The summed E-state index contributed by atoms with van der Waals surface area (Å²) in [5.41, 5.74) is 5.03. The monoisotopic (exact) mass is 463 g/mol. The smallest absolute Gasteiger partial charge is 0.354 e. The fourth-order valence-electron chi connectivity index (χ4n) is 4.36. The SMILES string of the molecule is Cc1cc(OCCCC2CCc3ccc(-c4cccc(C(=O)O)n4)cc3C2=O)cc(C)c1Cl. The van der Waals surface area contributed by atoms with Crippen molar-refractivity contribution in [2.75, 3.05) is 6.61 Å². The van der Waals surface area contributed by atoms with Crippen molar-refractivity contribution >= 4 is 23.4 Å². The first kappa shape index (κ1) is 23.0. The molecule has 0 spiro atoms. The molecule has 170 valence electrons. The third-order valence-electron chi connectivity index (χ3n) is 6.15. The third kappa shape index (κ3) is 5.09. The van der Waals surface area contributed by atoms with Crippen LogP contribution in [0.1, 0.15) is 56.8 Å². The third-order valence-corrected chi connectivity index (χ3v) is 6.74. The van der Waals surface area contributed by atoms with Gasteiger partial charge in [-0.2, -0.15) is 0 Å². The van der Waals surface area contributed by atoms with Crippen LogP contribution in [0.25, 0.3) is 11.3 Å². The van der Waals surface area contributed by atoms with E-state index >= 15 is 0 Å². The van der Waals surface area contributed by atoms with Gasteiger partial charge in [0.15, 0.2) is 5.78 Å². The Bertz CT molecular complexity index is 1200. The van der Waals surface area contributed by atoms with Crippen LogP contribution < -0.4 is 4.74 Å². The first-order valence-corrected chi connectivity index (χ1v) is 11.5. The number of carbonyl (C=O) groups is 2. The van der Waals surface area contributed by atoms with Gasteiger partial charge >= 0.3 is 5.97 Å². The van der Waals surface area contributed by atoms with Gasteiger partial charge in [0.05, 0.1) is 12.3 Å². The second-order valence-corrected chi connectivity index (χ2v) is 8.92. The van der Waals surface area contributed by atoms with Crippen LogP contribution in [0.5, 0.6) is 5.75 Å². The molecule has 3 aromatic rings. The molecule has 1 atom stereocenters. The molecule has 1 aliphatic carbocycles. The summed E-state index contributed by atoms with van der Waals surface area (Å²) in [6.07, 6.45) is 3.23. The van der Waals surface area contributed by atoms with Crippen LogP contribution in [0.3, 0.4) is 0 Å². The molecule has 0 aliphatic heterocycles. The Morgan fingerprint density at radius 2 is 1.91 bits per heavy atom. The van der Waals surface area contributed by atoms with Crippen molar-refractivity contribution in [1.29, 1.82) is 0 Å². The average molecular weight is 464 g/mol. The molecule has 0 fully saturated rings. The van der Waals surface area contributed by atoms with E-state index in [1.807, 2.05) is 44.2 Å². The van der Waals surface area contributed by atoms with E-state index in [4.69, 9.17) is 16.3 Å². The predicted molar refractivity (Wildman–Crippen MR) is 128 cm³/mol. The maximum Gasteiger partial charge on any atom is 0.354 e. The molecule has 6 heteroatoms. The quantitative estimate of drug-likeness (QED) is 0.415. The van der Waals surface area contributed by atoms with E-state index in [1.165, 1.54) is 6.07 Å². The Hall–Kier alpha value is -3.18. The highest BCUT2D eigenvalue weighted by Gasteiger charge is 2.27. The number of hydrogen-bond acceptors (Lipinski definition) is 4. The predicted octanol–water partition coefficient (Wildman–Crippen LogP) is 6.32. The van der Waals surface area contributed by atoms with Crippen LogP contribution in [0, 0.1) is 19.8 Å². The number of hydrogen-bond donors (Lipinski definition) is 1. The van der Waals surface area contributed by atoms with Gasteiger partial charge in [-0.05, 0) is 86.6 Å². The van der Waals surface area contributed by atoms with Crippen LogP contribution in [-0.4, -0.2) is 28.4 Å². The zero-order valence-corrected chi connectivity index (χ0v) is 19.5. The van der Waals surface area contributed by atoms with Crippen LogP contribution in [0.4, 0.5) is 0 Å². The summed E-state index contributed by atoms with van der Waals surface area (Å²) in [5.74, 6) is -0.165. The summed E-state index contributed by atoms with van der Waals surface area (Å²) in [6, 6.07) is 14.5. The number of aromatic nitrogens is 1. The number of ether oxygens (including phenoxy) is 1. The van der Waals surface area contributed by atoms with Gasteiger partial charge in [0, 0.05) is 22.1 Å². The lowest BCUT2D eigenvalue weighted by Crippen LogP contribution is -2.23. The fourth-order valence-corrected chi connectivity index (χ4v) is 4.47. The Balaban J connectivity index is 1.41. The number of Topliss-reactive ketones (excluding diaryl/α,β-unsaturated/α-hetero) is 1. The molecule has 0 radical (unpaired) electrons. The summed E-state index contributed by atoms with van der Waals surface area (Å²) in [7, 11) is 0. The van der Waals surface area contributed by atoms with Gasteiger partial charge in [-0.25, -0.2) is 9.78 Å². The maximum absolute atomic E-state index is 13.2. The number of aryl methyl sites for hydroxylation is 3. The van der Waals surface area contributed by atoms with E-state index in [1.54, 1.807) is 12.1 Å². The van der Waals surface area contributed by atoms with Crippen LogP contribution in [0.15, 0.2) is 48.5 Å². The molecule has 0 saturated heterocycles. The zero-order valence-electron chi connectivity index (χ0n) is 18.7. The number of carboxylic acids is 1.